The standard InChI is InChI=1S/C14H18FN3O/c1-17-9-10-8-16-6-7-18(10)13(14(17)19)11-4-2-3-5-12(11)15/h2-5,10,13,16H,6-9H2,1H3. The lowest BCUT2D eigenvalue weighted by atomic mass is 9.96. The van der Waals surface area contributed by atoms with E-state index in [0.717, 1.165) is 19.6 Å². The fourth-order valence-corrected chi connectivity index (χ4v) is 3.05. The van der Waals surface area contributed by atoms with Crippen molar-refractivity contribution < 1.29 is 9.18 Å². The largest absolute Gasteiger partial charge is 0.342 e. The summed E-state index contributed by atoms with van der Waals surface area (Å²) in [5, 5.41) is 3.33. The molecule has 5 heteroatoms. The summed E-state index contributed by atoms with van der Waals surface area (Å²) >= 11 is 0. The lowest BCUT2D eigenvalue weighted by molar-refractivity contribution is -0.144. The van der Waals surface area contributed by atoms with Crippen LogP contribution in [0, 0.1) is 5.82 Å². The van der Waals surface area contributed by atoms with Gasteiger partial charge in [-0.1, -0.05) is 18.2 Å². The Balaban J connectivity index is 2.00. The number of amides is 1. The van der Waals surface area contributed by atoms with Crippen molar-refractivity contribution in [1.82, 2.24) is 15.1 Å². The third-order valence-corrected chi connectivity index (χ3v) is 4.02. The van der Waals surface area contributed by atoms with E-state index < -0.39 is 6.04 Å². The van der Waals surface area contributed by atoms with Crippen molar-refractivity contribution in [2.45, 2.75) is 12.1 Å². The summed E-state index contributed by atoms with van der Waals surface area (Å²) in [4.78, 5) is 16.3. The zero-order chi connectivity index (χ0) is 13.4. The predicted octanol–water partition coefficient (Wildman–Crippen LogP) is 0.613. The van der Waals surface area contributed by atoms with E-state index in [4.69, 9.17) is 0 Å². The number of likely N-dealkylation sites (N-methyl/N-ethyl adjacent to an activating group) is 1. The maximum absolute atomic E-state index is 14.0. The molecule has 2 saturated heterocycles. The first kappa shape index (κ1) is 12.6. The van der Waals surface area contributed by atoms with Gasteiger partial charge in [0.25, 0.3) is 0 Å². The van der Waals surface area contributed by atoms with Crippen molar-refractivity contribution >= 4 is 5.91 Å². The summed E-state index contributed by atoms with van der Waals surface area (Å²) in [6.07, 6.45) is 0. The number of nitrogens with zero attached hydrogens (tertiary/aromatic N) is 2. The molecule has 1 N–H and O–H groups in total. The number of rotatable bonds is 1. The monoisotopic (exact) mass is 263 g/mol. The Morgan fingerprint density at radius 1 is 1.37 bits per heavy atom. The highest BCUT2D eigenvalue weighted by molar-refractivity contribution is 5.84. The average molecular weight is 263 g/mol. The number of benzene rings is 1. The minimum atomic E-state index is -0.480. The second-order valence-electron chi connectivity index (χ2n) is 5.24. The van der Waals surface area contributed by atoms with Crippen molar-refractivity contribution in [3.8, 4) is 0 Å². The van der Waals surface area contributed by atoms with Crippen LogP contribution in [0.25, 0.3) is 0 Å². The Labute approximate surface area is 112 Å². The lowest BCUT2D eigenvalue weighted by Crippen LogP contribution is -2.63. The van der Waals surface area contributed by atoms with Gasteiger partial charge in [0.05, 0.1) is 0 Å². The molecule has 1 amide bonds. The predicted molar refractivity (Wildman–Crippen MR) is 70.1 cm³/mol. The molecule has 2 heterocycles. The van der Waals surface area contributed by atoms with Crippen molar-refractivity contribution in [2.75, 3.05) is 33.2 Å². The van der Waals surface area contributed by atoms with Crippen molar-refractivity contribution in [3.05, 3.63) is 35.6 Å². The van der Waals surface area contributed by atoms with E-state index in [-0.39, 0.29) is 17.8 Å². The Morgan fingerprint density at radius 2 is 2.16 bits per heavy atom. The van der Waals surface area contributed by atoms with Crippen LogP contribution in [0.5, 0.6) is 0 Å². The maximum atomic E-state index is 14.0. The number of carbonyl (C=O) groups excluding carboxylic acids is 1. The van der Waals surface area contributed by atoms with Gasteiger partial charge in [-0.05, 0) is 6.07 Å². The first-order valence-electron chi connectivity index (χ1n) is 6.64. The molecule has 4 nitrogen and oxygen atoms in total. The van der Waals surface area contributed by atoms with Crippen LogP contribution < -0.4 is 5.32 Å². The molecule has 2 aliphatic rings. The molecule has 19 heavy (non-hydrogen) atoms. The molecule has 102 valence electrons. The number of hydrogen-bond donors (Lipinski definition) is 1. The van der Waals surface area contributed by atoms with Gasteiger partial charge < -0.3 is 10.2 Å². The first-order chi connectivity index (χ1) is 9.18. The van der Waals surface area contributed by atoms with E-state index in [0.29, 0.717) is 12.1 Å². The van der Waals surface area contributed by atoms with E-state index in [1.165, 1.54) is 6.07 Å². The van der Waals surface area contributed by atoms with Crippen LogP contribution in [0.2, 0.25) is 0 Å². The first-order valence-corrected chi connectivity index (χ1v) is 6.64. The molecule has 1 aromatic carbocycles. The van der Waals surface area contributed by atoms with Crippen LogP contribution >= 0.6 is 0 Å². The van der Waals surface area contributed by atoms with Crippen LogP contribution in [0.15, 0.2) is 24.3 Å². The van der Waals surface area contributed by atoms with E-state index in [2.05, 4.69) is 10.2 Å². The molecule has 2 aliphatic heterocycles. The number of hydrogen-bond acceptors (Lipinski definition) is 3. The minimum absolute atomic E-state index is 0.0109. The molecule has 2 atom stereocenters. The molecule has 2 unspecified atom stereocenters. The topological polar surface area (TPSA) is 35.6 Å². The second-order valence-corrected chi connectivity index (χ2v) is 5.24. The van der Waals surface area contributed by atoms with Crippen LogP contribution in [-0.4, -0.2) is 55.0 Å². The Bertz CT molecular complexity index is 493. The summed E-state index contributed by atoms with van der Waals surface area (Å²) in [5.41, 5.74) is 0.492. The molecular formula is C14H18FN3O. The molecule has 3 rings (SSSR count). The van der Waals surface area contributed by atoms with Gasteiger partial charge in [0.1, 0.15) is 11.9 Å². The fourth-order valence-electron chi connectivity index (χ4n) is 3.05. The van der Waals surface area contributed by atoms with Gasteiger partial charge >= 0.3 is 0 Å². The third-order valence-electron chi connectivity index (χ3n) is 4.02. The molecule has 1 aromatic rings. The summed E-state index contributed by atoms with van der Waals surface area (Å²) in [5.74, 6) is -0.309. The van der Waals surface area contributed by atoms with Crippen molar-refractivity contribution in [2.24, 2.45) is 0 Å². The smallest absolute Gasteiger partial charge is 0.244 e. The zero-order valence-corrected chi connectivity index (χ0v) is 11.0. The van der Waals surface area contributed by atoms with Crippen LogP contribution in [0.3, 0.4) is 0 Å². The van der Waals surface area contributed by atoms with E-state index in [1.54, 1.807) is 30.1 Å². The van der Waals surface area contributed by atoms with Gasteiger partial charge in [-0.2, -0.15) is 0 Å². The summed E-state index contributed by atoms with van der Waals surface area (Å²) in [6, 6.07) is 6.38. The molecule has 0 saturated carbocycles. The minimum Gasteiger partial charge on any atom is -0.342 e. The van der Waals surface area contributed by atoms with Gasteiger partial charge in [0.2, 0.25) is 5.91 Å². The lowest BCUT2D eigenvalue weighted by Gasteiger charge is -2.47. The summed E-state index contributed by atoms with van der Waals surface area (Å²) < 4.78 is 14.0. The number of carbonyl (C=O) groups is 1. The number of halogens is 1. The molecule has 0 aromatic heterocycles. The Morgan fingerprint density at radius 3 is 2.95 bits per heavy atom. The molecular weight excluding hydrogens is 245 g/mol. The van der Waals surface area contributed by atoms with Crippen molar-refractivity contribution in [3.63, 3.8) is 0 Å². The van der Waals surface area contributed by atoms with Crippen LogP contribution in [0.4, 0.5) is 4.39 Å². The summed E-state index contributed by atoms with van der Waals surface area (Å²) in [7, 11) is 1.79. The highest BCUT2D eigenvalue weighted by Crippen LogP contribution is 2.31. The van der Waals surface area contributed by atoms with Gasteiger partial charge in [-0.15, -0.1) is 0 Å². The number of piperazine rings is 2. The van der Waals surface area contributed by atoms with Crippen LogP contribution in [-0.2, 0) is 4.79 Å². The summed E-state index contributed by atoms with van der Waals surface area (Å²) in [6.45, 7) is 3.18. The number of nitrogens with one attached hydrogen (secondary N) is 1. The fraction of sp³-hybridized carbons (Fsp3) is 0.500. The normalized spacial score (nSPS) is 28.3. The Kier molecular flexibility index (Phi) is 3.24. The van der Waals surface area contributed by atoms with Gasteiger partial charge in [-0.3, -0.25) is 9.69 Å². The Hall–Kier alpha value is -1.46. The van der Waals surface area contributed by atoms with Gasteiger partial charge in [0, 0.05) is 44.8 Å². The second kappa shape index (κ2) is 4.90. The average Bonchev–Trinajstić information content (AvgIpc) is 2.42. The van der Waals surface area contributed by atoms with Gasteiger partial charge in [0.15, 0.2) is 0 Å². The zero-order valence-electron chi connectivity index (χ0n) is 11.0. The molecule has 0 aliphatic carbocycles. The quantitative estimate of drug-likeness (QED) is 0.806. The number of fused-ring (bicyclic) bond motifs is 1. The van der Waals surface area contributed by atoms with Crippen molar-refractivity contribution in [1.29, 1.82) is 0 Å². The SMILES string of the molecule is CN1CC2CNCCN2C(c2ccccc2F)C1=O. The van der Waals surface area contributed by atoms with Gasteiger partial charge in [-0.25, -0.2) is 4.39 Å². The van der Waals surface area contributed by atoms with E-state index in [9.17, 15) is 9.18 Å². The molecule has 0 radical (unpaired) electrons. The van der Waals surface area contributed by atoms with E-state index >= 15 is 0 Å². The molecule has 0 spiro atoms. The molecule has 0 bridgehead atoms. The highest BCUT2D eigenvalue weighted by Gasteiger charge is 2.41. The van der Waals surface area contributed by atoms with E-state index in [1.807, 2.05) is 0 Å². The maximum Gasteiger partial charge on any atom is 0.244 e. The third kappa shape index (κ3) is 2.13. The highest BCUT2D eigenvalue weighted by atomic mass is 19.1. The van der Waals surface area contributed by atoms with Crippen LogP contribution in [0.1, 0.15) is 11.6 Å². The molecule has 2 fully saturated rings.